The van der Waals surface area contributed by atoms with Crippen molar-refractivity contribution in [2.45, 2.75) is 91.9 Å². The number of unbranched alkanes of at least 4 members (excludes halogenated alkanes) is 4. The Hall–Kier alpha value is -2.00. The Kier molecular flexibility index (Phi) is 15.3. The molecule has 0 saturated carbocycles. The number of para-hydroxylation sites is 2. The number of hydrogen-bond acceptors (Lipinski definition) is 3. The fourth-order valence-electron chi connectivity index (χ4n) is 4.32. The Morgan fingerprint density at radius 3 is 1.37 bits per heavy atom. The van der Waals surface area contributed by atoms with Crippen LogP contribution < -0.4 is 9.47 Å². The first kappa shape index (κ1) is 29.2. The Morgan fingerprint density at radius 2 is 0.943 bits per heavy atom. The SMILES string of the molecule is CC(C)CCCCCc1ccccc1OCCOCCOc1ccccc1CCCCCC(C)C. The molecule has 0 bridgehead atoms. The number of rotatable bonds is 20. The van der Waals surface area contributed by atoms with Gasteiger partial charge in [-0.1, -0.05) is 103 Å². The molecule has 0 aromatic heterocycles. The van der Waals surface area contributed by atoms with E-state index in [0.29, 0.717) is 26.4 Å². The van der Waals surface area contributed by atoms with Crippen LogP contribution in [0.2, 0.25) is 0 Å². The fraction of sp³-hybridized carbons (Fsp3) is 0.625. The summed E-state index contributed by atoms with van der Waals surface area (Å²) in [5.41, 5.74) is 2.61. The maximum Gasteiger partial charge on any atom is 0.122 e. The molecule has 0 atom stereocenters. The predicted octanol–water partition coefficient (Wildman–Crippen LogP) is 8.68. The van der Waals surface area contributed by atoms with Gasteiger partial charge in [0.15, 0.2) is 0 Å². The lowest BCUT2D eigenvalue weighted by atomic mass is 10.0. The normalized spacial score (nSPS) is 11.4. The molecular formula is C32H50O3. The van der Waals surface area contributed by atoms with Crippen molar-refractivity contribution >= 4 is 0 Å². The lowest BCUT2D eigenvalue weighted by Crippen LogP contribution is -2.13. The molecule has 0 radical (unpaired) electrons. The van der Waals surface area contributed by atoms with Crippen molar-refractivity contribution < 1.29 is 14.2 Å². The van der Waals surface area contributed by atoms with E-state index in [-0.39, 0.29) is 0 Å². The zero-order valence-electron chi connectivity index (χ0n) is 22.9. The van der Waals surface area contributed by atoms with E-state index in [1.54, 1.807) is 0 Å². The van der Waals surface area contributed by atoms with Crippen LogP contribution in [0.15, 0.2) is 48.5 Å². The lowest BCUT2D eigenvalue weighted by Gasteiger charge is -2.13. The van der Waals surface area contributed by atoms with E-state index in [1.165, 1.54) is 62.5 Å². The highest BCUT2D eigenvalue weighted by Gasteiger charge is 2.05. The Balaban J connectivity index is 1.59. The molecule has 2 aromatic carbocycles. The molecule has 0 aliphatic heterocycles. The van der Waals surface area contributed by atoms with Gasteiger partial charge < -0.3 is 14.2 Å². The number of ether oxygens (including phenoxy) is 3. The summed E-state index contributed by atoms with van der Waals surface area (Å²) in [6, 6.07) is 16.8. The minimum absolute atomic E-state index is 0.567. The van der Waals surface area contributed by atoms with Gasteiger partial charge in [0.25, 0.3) is 0 Å². The number of aryl methyl sites for hydroxylation is 2. The van der Waals surface area contributed by atoms with Crippen molar-refractivity contribution in [1.29, 1.82) is 0 Å². The van der Waals surface area contributed by atoms with Gasteiger partial charge in [-0.15, -0.1) is 0 Å². The Bertz CT molecular complexity index is 718. The summed E-state index contributed by atoms with van der Waals surface area (Å²) in [7, 11) is 0. The maximum absolute atomic E-state index is 6.03. The molecule has 3 nitrogen and oxygen atoms in total. The minimum atomic E-state index is 0.567. The maximum atomic E-state index is 6.03. The summed E-state index contributed by atoms with van der Waals surface area (Å²) >= 11 is 0. The second-order valence-corrected chi connectivity index (χ2v) is 10.5. The van der Waals surface area contributed by atoms with Crippen LogP contribution in [0, 0.1) is 11.8 Å². The van der Waals surface area contributed by atoms with Crippen LogP contribution in [-0.4, -0.2) is 26.4 Å². The van der Waals surface area contributed by atoms with Crippen LogP contribution in [0.1, 0.15) is 90.2 Å². The molecule has 0 saturated heterocycles. The summed E-state index contributed by atoms with van der Waals surface area (Å²) < 4.78 is 17.8. The molecule has 0 N–H and O–H groups in total. The zero-order chi connectivity index (χ0) is 25.1. The molecule has 0 fully saturated rings. The van der Waals surface area contributed by atoms with Crippen molar-refractivity contribution in [3.8, 4) is 11.5 Å². The van der Waals surface area contributed by atoms with Crippen LogP contribution in [0.3, 0.4) is 0 Å². The monoisotopic (exact) mass is 482 g/mol. The van der Waals surface area contributed by atoms with Gasteiger partial charge in [0, 0.05) is 0 Å². The molecule has 0 heterocycles. The van der Waals surface area contributed by atoms with Gasteiger partial charge in [-0.3, -0.25) is 0 Å². The number of hydrogen-bond donors (Lipinski definition) is 0. The first-order valence-electron chi connectivity index (χ1n) is 14.1. The van der Waals surface area contributed by atoms with Crippen molar-refractivity contribution in [3.63, 3.8) is 0 Å². The van der Waals surface area contributed by atoms with Gasteiger partial charge in [0.1, 0.15) is 24.7 Å². The molecule has 0 aliphatic rings. The topological polar surface area (TPSA) is 27.7 Å². The van der Waals surface area contributed by atoms with Crippen molar-refractivity contribution in [2.75, 3.05) is 26.4 Å². The van der Waals surface area contributed by atoms with Gasteiger partial charge in [-0.05, 0) is 60.8 Å². The van der Waals surface area contributed by atoms with Gasteiger partial charge in [0.05, 0.1) is 13.2 Å². The number of benzene rings is 2. The fourth-order valence-corrected chi connectivity index (χ4v) is 4.32. The zero-order valence-corrected chi connectivity index (χ0v) is 22.9. The van der Waals surface area contributed by atoms with E-state index >= 15 is 0 Å². The van der Waals surface area contributed by atoms with E-state index in [9.17, 15) is 0 Å². The van der Waals surface area contributed by atoms with E-state index < -0.39 is 0 Å². The second-order valence-electron chi connectivity index (χ2n) is 10.5. The Labute approximate surface area is 215 Å². The van der Waals surface area contributed by atoms with Crippen LogP contribution in [-0.2, 0) is 17.6 Å². The van der Waals surface area contributed by atoms with Gasteiger partial charge in [-0.25, -0.2) is 0 Å². The molecule has 2 rings (SSSR count). The summed E-state index contributed by atoms with van der Waals surface area (Å²) in [4.78, 5) is 0. The summed E-state index contributed by atoms with van der Waals surface area (Å²) in [6.45, 7) is 11.5. The summed E-state index contributed by atoms with van der Waals surface area (Å²) in [6.07, 6.45) is 12.5. The first-order valence-corrected chi connectivity index (χ1v) is 14.1. The van der Waals surface area contributed by atoms with Gasteiger partial charge in [0.2, 0.25) is 0 Å². The first-order chi connectivity index (χ1) is 17.1. The third-order valence-corrected chi connectivity index (χ3v) is 6.37. The van der Waals surface area contributed by atoms with Crippen molar-refractivity contribution in [3.05, 3.63) is 59.7 Å². The molecule has 196 valence electrons. The second kappa shape index (κ2) is 18.3. The highest BCUT2D eigenvalue weighted by molar-refractivity contribution is 5.34. The highest BCUT2D eigenvalue weighted by atomic mass is 16.5. The van der Waals surface area contributed by atoms with Crippen molar-refractivity contribution in [2.24, 2.45) is 11.8 Å². The van der Waals surface area contributed by atoms with Crippen molar-refractivity contribution in [1.82, 2.24) is 0 Å². The third kappa shape index (κ3) is 13.6. The van der Waals surface area contributed by atoms with Crippen LogP contribution >= 0.6 is 0 Å². The van der Waals surface area contributed by atoms with E-state index in [0.717, 1.165) is 36.2 Å². The molecule has 3 heteroatoms. The average Bonchev–Trinajstić information content (AvgIpc) is 2.84. The summed E-state index contributed by atoms with van der Waals surface area (Å²) in [5, 5.41) is 0. The van der Waals surface area contributed by atoms with Gasteiger partial charge >= 0.3 is 0 Å². The van der Waals surface area contributed by atoms with E-state index in [2.05, 4.69) is 64.1 Å². The van der Waals surface area contributed by atoms with Crippen LogP contribution in [0.4, 0.5) is 0 Å². The quantitative estimate of drug-likeness (QED) is 0.177. The van der Waals surface area contributed by atoms with Crippen LogP contribution in [0.5, 0.6) is 11.5 Å². The molecule has 2 aromatic rings. The Morgan fingerprint density at radius 1 is 0.514 bits per heavy atom. The highest BCUT2D eigenvalue weighted by Crippen LogP contribution is 2.22. The standard InChI is InChI=1S/C32H50O3/c1-27(2)15-7-5-9-17-29-19-11-13-21-31(29)34-25-23-33-24-26-35-32-22-14-12-20-30(32)18-10-6-8-16-28(3)4/h11-14,19-22,27-28H,5-10,15-18,23-26H2,1-4H3. The molecule has 0 aliphatic carbocycles. The minimum Gasteiger partial charge on any atom is -0.491 e. The smallest absolute Gasteiger partial charge is 0.122 e. The molecular weight excluding hydrogens is 432 g/mol. The van der Waals surface area contributed by atoms with Gasteiger partial charge in [-0.2, -0.15) is 0 Å². The van der Waals surface area contributed by atoms with E-state index in [4.69, 9.17) is 14.2 Å². The molecule has 35 heavy (non-hydrogen) atoms. The lowest BCUT2D eigenvalue weighted by molar-refractivity contribution is 0.0759. The summed E-state index contributed by atoms with van der Waals surface area (Å²) in [5.74, 6) is 3.60. The van der Waals surface area contributed by atoms with Crippen LogP contribution in [0.25, 0.3) is 0 Å². The van der Waals surface area contributed by atoms with E-state index in [1.807, 2.05) is 12.1 Å². The average molecular weight is 483 g/mol. The molecule has 0 amide bonds. The largest absolute Gasteiger partial charge is 0.491 e. The predicted molar refractivity (Wildman–Crippen MR) is 149 cm³/mol. The molecule has 0 unspecified atom stereocenters. The third-order valence-electron chi connectivity index (χ3n) is 6.37. The molecule has 0 spiro atoms.